The van der Waals surface area contributed by atoms with Crippen molar-refractivity contribution in [2.24, 2.45) is 0 Å². The Morgan fingerprint density at radius 2 is 2.12 bits per heavy atom. The number of rotatable bonds is 4. The zero-order chi connectivity index (χ0) is 17.4. The van der Waals surface area contributed by atoms with E-state index in [4.69, 9.17) is 4.74 Å². The van der Waals surface area contributed by atoms with E-state index >= 15 is 0 Å². The Bertz CT molecular complexity index is 902. The SMILES string of the molecule is c1ccc2c(c1)OC1(CCC1)C[C@@H]2NCc1ccnc(-n2ccnc2)c1. The van der Waals surface area contributed by atoms with E-state index in [2.05, 4.69) is 51.7 Å². The van der Waals surface area contributed by atoms with Crippen LogP contribution in [-0.2, 0) is 6.54 Å². The average molecular weight is 346 g/mol. The number of fused-ring (bicyclic) bond motifs is 1. The highest BCUT2D eigenvalue weighted by Crippen LogP contribution is 2.48. The molecule has 0 unspecified atom stereocenters. The predicted octanol–water partition coefficient (Wildman–Crippen LogP) is 3.80. The van der Waals surface area contributed by atoms with Gasteiger partial charge >= 0.3 is 0 Å². The number of para-hydroxylation sites is 1. The van der Waals surface area contributed by atoms with Crippen LogP contribution in [0.25, 0.3) is 5.82 Å². The first-order chi connectivity index (χ1) is 12.8. The normalized spacial score (nSPS) is 20.2. The van der Waals surface area contributed by atoms with Gasteiger partial charge in [-0.3, -0.25) is 4.57 Å². The molecule has 3 heterocycles. The minimum absolute atomic E-state index is 0.0479. The Labute approximate surface area is 153 Å². The van der Waals surface area contributed by atoms with Crippen LogP contribution >= 0.6 is 0 Å². The summed E-state index contributed by atoms with van der Waals surface area (Å²) in [5.74, 6) is 1.94. The van der Waals surface area contributed by atoms with Crippen molar-refractivity contribution in [2.45, 2.75) is 43.9 Å². The molecule has 0 radical (unpaired) electrons. The summed E-state index contributed by atoms with van der Waals surface area (Å²) in [6.45, 7) is 0.805. The summed E-state index contributed by atoms with van der Waals surface area (Å²) in [7, 11) is 0. The fourth-order valence-corrected chi connectivity index (χ4v) is 4.03. The minimum Gasteiger partial charge on any atom is -0.487 e. The van der Waals surface area contributed by atoms with Crippen LogP contribution in [-0.4, -0.2) is 20.1 Å². The van der Waals surface area contributed by atoms with Crippen LogP contribution in [0.3, 0.4) is 0 Å². The Hall–Kier alpha value is -2.66. The number of pyridine rings is 1. The van der Waals surface area contributed by atoms with E-state index in [1.54, 1.807) is 12.5 Å². The third kappa shape index (κ3) is 2.78. The molecule has 26 heavy (non-hydrogen) atoms. The van der Waals surface area contributed by atoms with Gasteiger partial charge in [-0.15, -0.1) is 0 Å². The lowest BCUT2D eigenvalue weighted by atomic mass is 9.73. The highest BCUT2D eigenvalue weighted by molar-refractivity contribution is 5.39. The summed E-state index contributed by atoms with van der Waals surface area (Å²) < 4.78 is 8.27. The molecule has 1 saturated carbocycles. The first kappa shape index (κ1) is 15.6. The summed E-state index contributed by atoms with van der Waals surface area (Å²) >= 11 is 0. The molecule has 1 aliphatic heterocycles. The van der Waals surface area contributed by atoms with E-state index in [-0.39, 0.29) is 5.60 Å². The second-order valence-corrected chi connectivity index (χ2v) is 7.31. The van der Waals surface area contributed by atoms with Crippen LogP contribution in [0.1, 0.15) is 42.9 Å². The van der Waals surface area contributed by atoms with Crippen molar-refractivity contribution in [3.63, 3.8) is 0 Å². The maximum atomic E-state index is 6.35. The first-order valence-electron chi connectivity index (χ1n) is 9.26. The number of imidazole rings is 1. The molecule has 2 aliphatic rings. The Morgan fingerprint density at radius 3 is 2.92 bits per heavy atom. The standard InChI is InChI=1S/C21H22N4O/c1-2-5-19-17(4-1)18(13-21(26-19)7-3-8-21)24-14-16-6-9-23-20(12-16)25-11-10-22-15-25/h1-2,4-6,9-12,15,18,24H,3,7-8,13-14H2/t18-/m0/s1. The summed E-state index contributed by atoms with van der Waals surface area (Å²) in [5.41, 5.74) is 2.54. The molecule has 1 aliphatic carbocycles. The van der Waals surface area contributed by atoms with Gasteiger partial charge in [-0.25, -0.2) is 9.97 Å². The summed E-state index contributed by atoms with van der Waals surface area (Å²) in [5, 5.41) is 3.76. The number of benzene rings is 1. The van der Waals surface area contributed by atoms with E-state index in [9.17, 15) is 0 Å². The molecule has 1 atom stereocenters. The lowest BCUT2D eigenvalue weighted by molar-refractivity contribution is -0.0371. The summed E-state index contributed by atoms with van der Waals surface area (Å²) in [4.78, 5) is 8.53. The zero-order valence-electron chi connectivity index (χ0n) is 14.6. The van der Waals surface area contributed by atoms with Crippen molar-refractivity contribution in [3.8, 4) is 11.6 Å². The summed E-state index contributed by atoms with van der Waals surface area (Å²) in [6.07, 6.45) is 12.0. The summed E-state index contributed by atoms with van der Waals surface area (Å²) in [6, 6.07) is 12.9. The van der Waals surface area contributed by atoms with Gasteiger partial charge < -0.3 is 10.1 Å². The number of ether oxygens (including phenoxy) is 1. The van der Waals surface area contributed by atoms with Gasteiger partial charge in [0.1, 0.15) is 23.5 Å². The molecule has 5 nitrogen and oxygen atoms in total. The molecule has 2 aromatic heterocycles. The third-order valence-corrected chi connectivity index (χ3v) is 5.59. The van der Waals surface area contributed by atoms with Gasteiger partial charge in [-0.1, -0.05) is 18.2 Å². The first-order valence-corrected chi connectivity index (χ1v) is 9.26. The molecule has 1 aromatic carbocycles. The molecule has 5 heteroatoms. The second kappa shape index (κ2) is 6.25. The van der Waals surface area contributed by atoms with Crippen molar-refractivity contribution in [2.75, 3.05) is 0 Å². The van der Waals surface area contributed by atoms with Crippen molar-refractivity contribution < 1.29 is 4.74 Å². The van der Waals surface area contributed by atoms with Gasteiger partial charge in [-0.2, -0.15) is 0 Å². The fourth-order valence-electron chi connectivity index (χ4n) is 4.03. The highest BCUT2D eigenvalue weighted by Gasteiger charge is 2.45. The van der Waals surface area contributed by atoms with Gasteiger partial charge in [-0.05, 0) is 43.0 Å². The Kier molecular flexibility index (Phi) is 3.75. The van der Waals surface area contributed by atoms with E-state index in [0.717, 1.165) is 24.5 Å². The largest absolute Gasteiger partial charge is 0.487 e. The van der Waals surface area contributed by atoms with Crippen molar-refractivity contribution in [3.05, 3.63) is 72.4 Å². The third-order valence-electron chi connectivity index (χ3n) is 5.59. The molecular formula is C21H22N4O. The number of nitrogens with zero attached hydrogens (tertiary/aromatic N) is 3. The van der Waals surface area contributed by atoms with E-state index in [0.29, 0.717) is 6.04 Å². The maximum absolute atomic E-state index is 6.35. The molecule has 132 valence electrons. The maximum Gasteiger partial charge on any atom is 0.138 e. The molecular weight excluding hydrogens is 324 g/mol. The van der Waals surface area contributed by atoms with Crippen LogP contribution in [0.4, 0.5) is 0 Å². The lowest BCUT2D eigenvalue weighted by Gasteiger charge is -2.48. The second-order valence-electron chi connectivity index (χ2n) is 7.31. The highest BCUT2D eigenvalue weighted by atomic mass is 16.5. The molecule has 0 amide bonds. The smallest absolute Gasteiger partial charge is 0.138 e. The number of aromatic nitrogens is 3. The van der Waals surface area contributed by atoms with Crippen LogP contribution in [0.5, 0.6) is 5.75 Å². The van der Waals surface area contributed by atoms with Gasteiger partial charge in [0.25, 0.3) is 0 Å². The van der Waals surface area contributed by atoms with Crippen molar-refractivity contribution >= 4 is 0 Å². The van der Waals surface area contributed by atoms with Gasteiger partial charge in [0.05, 0.1) is 0 Å². The molecule has 1 spiro atoms. The van der Waals surface area contributed by atoms with Crippen molar-refractivity contribution in [1.29, 1.82) is 0 Å². The number of hydrogen-bond donors (Lipinski definition) is 1. The molecule has 0 saturated heterocycles. The van der Waals surface area contributed by atoms with E-state index in [1.807, 2.05) is 17.0 Å². The lowest BCUT2D eigenvalue weighted by Crippen LogP contribution is -2.49. The van der Waals surface area contributed by atoms with Crippen LogP contribution in [0.15, 0.2) is 61.3 Å². The predicted molar refractivity (Wildman–Crippen MR) is 99.2 cm³/mol. The van der Waals surface area contributed by atoms with Gasteiger partial charge in [0, 0.05) is 43.2 Å². The van der Waals surface area contributed by atoms with Crippen LogP contribution < -0.4 is 10.1 Å². The van der Waals surface area contributed by atoms with Gasteiger partial charge in [0.15, 0.2) is 0 Å². The minimum atomic E-state index is 0.0479. The monoisotopic (exact) mass is 346 g/mol. The van der Waals surface area contributed by atoms with E-state index < -0.39 is 0 Å². The topological polar surface area (TPSA) is 52.0 Å². The molecule has 1 N–H and O–H groups in total. The Morgan fingerprint density at radius 1 is 1.19 bits per heavy atom. The Balaban J connectivity index is 1.36. The quantitative estimate of drug-likeness (QED) is 0.781. The number of hydrogen-bond acceptors (Lipinski definition) is 4. The molecule has 0 bridgehead atoms. The van der Waals surface area contributed by atoms with Gasteiger partial charge in [0.2, 0.25) is 0 Å². The molecule has 5 rings (SSSR count). The number of nitrogens with one attached hydrogen (secondary N) is 1. The zero-order valence-corrected chi connectivity index (χ0v) is 14.6. The molecule has 1 fully saturated rings. The fraction of sp³-hybridized carbons (Fsp3) is 0.333. The van der Waals surface area contributed by atoms with Crippen LogP contribution in [0, 0.1) is 0 Å². The average Bonchev–Trinajstić information content (AvgIpc) is 3.20. The van der Waals surface area contributed by atoms with Crippen molar-refractivity contribution in [1.82, 2.24) is 19.9 Å². The van der Waals surface area contributed by atoms with E-state index in [1.165, 1.54) is 30.4 Å². The van der Waals surface area contributed by atoms with Crippen LogP contribution in [0.2, 0.25) is 0 Å². The molecule has 3 aromatic rings.